The Morgan fingerprint density at radius 2 is 1.44 bits per heavy atom. The molecule has 1 aliphatic rings. The van der Waals surface area contributed by atoms with Gasteiger partial charge >= 0.3 is 10.4 Å². The fourth-order valence-corrected chi connectivity index (χ4v) is 4.76. The molecule has 0 spiro atoms. The minimum Gasteiger partial charge on any atom is -0.463 e. The second-order valence-corrected chi connectivity index (χ2v) is 10.00. The fourth-order valence-electron chi connectivity index (χ4n) is 4.25. The van der Waals surface area contributed by atoms with E-state index in [1.807, 2.05) is 66.7 Å². The van der Waals surface area contributed by atoms with Crippen LogP contribution >= 0.6 is 0 Å². The van der Waals surface area contributed by atoms with Gasteiger partial charge in [0.05, 0.1) is 19.8 Å². The van der Waals surface area contributed by atoms with Crippen LogP contribution in [0.4, 0.5) is 0 Å². The molecule has 1 fully saturated rings. The number of carbonyl (C=O) groups excluding carboxylic acids is 1. The average molecular weight is 558 g/mol. The van der Waals surface area contributed by atoms with E-state index in [4.69, 9.17) is 23.1 Å². The Bertz CT molecular complexity index is 1280. The third-order valence-electron chi connectivity index (χ3n) is 5.92. The van der Waals surface area contributed by atoms with Gasteiger partial charge in [-0.2, -0.15) is 8.42 Å². The first kappa shape index (κ1) is 28.7. The van der Waals surface area contributed by atoms with Gasteiger partial charge < -0.3 is 24.3 Å². The van der Waals surface area contributed by atoms with Crippen LogP contribution in [0.25, 0.3) is 0 Å². The lowest BCUT2D eigenvalue weighted by Gasteiger charge is -2.45. The second-order valence-electron chi connectivity index (χ2n) is 8.95. The molecule has 0 aromatic heterocycles. The minimum atomic E-state index is -4.95. The number of ether oxygens (including phenoxy) is 4. The van der Waals surface area contributed by atoms with Crippen molar-refractivity contribution in [3.63, 3.8) is 0 Å². The molecule has 208 valence electrons. The monoisotopic (exact) mass is 557 g/mol. The van der Waals surface area contributed by atoms with E-state index >= 15 is 0 Å². The zero-order valence-electron chi connectivity index (χ0n) is 21.3. The Labute approximate surface area is 227 Å². The number of carbonyl (C=O) groups is 1. The molecule has 1 saturated heterocycles. The van der Waals surface area contributed by atoms with Crippen LogP contribution < -0.4 is 10.1 Å². The molecule has 2 N–H and O–H groups in total. The van der Waals surface area contributed by atoms with Crippen LogP contribution in [0.3, 0.4) is 0 Å². The third-order valence-corrected chi connectivity index (χ3v) is 6.39. The molecule has 3 aromatic rings. The molecule has 4 unspecified atom stereocenters. The van der Waals surface area contributed by atoms with Crippen molar-refractivity contribution in [2.45, 2.75) is 50.8 Å². The summed E-state index contributed by atoms with van der Waals surface area (Å²) < 4.78 is 62.8. The van der Waals surface area contributed by atoms with E-state index < -0.39 is 46.9 Å². The van der Waals surface area contributed by atoms with Crippen LogP contribution in [0.2, 0.25) is 0 Å². The van der Waals surface area contributed by atoms with E-state index in [0.717, 1.165) is 11.1 Å². The summed E-state index contributed by atoms with van der Waals surface area (Å²) in [6.45, 7) is 1.46. The predicted octanol–water partition coefficient (Wildman–Crippen LogP) is 3.29. The van der Waals surface area contributed by atoms with Gasteiger partial charge in [-0.1, -0.05) is 78.9 Å². The normalized spacial score (nSPS) is 23.2. The molecular formula is C28H31NO9S. The van der Waals surface area contributed by atoms with Gasteiger partial charge in [-0.3, -0.25) is 9.35 Å². The molecule has 3 aromatic carbocycles. The Hall–Kier alpha value is -3.32. The van der Waals surface area contributed by atoms with Gasteiger partial charge in [0.2, 0.25) is 12.2 Å². The van der Waals surface area contributed by atoms with Crippen molar-refractivity contribution >= 4 is 16.3 Å². The molecule has 0 aliphatic carbocycles. The summed E-state index contributed by atoms with van der Waals surface area (Å²) in [4.78, 5) is 12.2. The van der Waals surface area contributed by atoms with Gasteiger partial charge in [-0.25, -0.2) is 4.18 Å². The van der Waals surface area contributed by atoms with E-state index in [2.05, 4.69) is 5.32 Å². The van der Waals surface area contributed by atoms with Gasteiger partial charge in [-0.05, 0) is 23.3 Å². The average Bonchev–Trinajstić information content (AvgIpc) is 2.91. The van der Waals surface area contributed by atoms with Gasteiger partial charge in [0.25, 0.3) is 0 Å². The number of benzene rings is 3. The summed E-state index contributed by atoms with van der Waals surface area (Å²) in [5.74, 6) is 0.0284. The van der Waals surface area contributed by atoms with Gasteiger partial charge in [0.15, 0.2) is 0 Å². The van der Waals surface area contributed by atoms with Gasteiger partial charge in [-0.15, -0.1) is 0 Å². The zero-order valence-corrected chi connectivity index (χ0v) is 22.1. The molecule has 10 nitrogen and oxygen atoms in total. The van der Waals surface area contributed by atoms with E-state index in [0.29, 0.717) is 5.75 Å². The SMILES string of the molecule is CC(=O)NC1C(OCc2ccccc2)C(OS(=O)(=O)O)C(COCc2ccccc2)O[C@H]1Oc1ccccc1. The van der Waals surface area contributed by atoms with Crippen LogP contribution in [0.1, 0.15) is 18.1 Å². The van der Waals surface area contributed by atoms with Crippen LogP contribution in [0.5, 0.6) is 5.75 Å². The molecule has 11 heteroatoms. The highest BCUT2D eigenvalue weighted by Gasteiger charge is 2.51. The Morgan fingerprint density at radius 3 is 2.00 bits per heavy atom. The first-order valence-corrected chi connectivity index (χ1v) is 13.7. The number of nitrogens with one attached hydrogen (secondary N) is 1. The number of para-hydroxylation sites is 1. The first-order valence-electron chi connectivity index (χ1n) is 12.4. The molecule has 1 aliphatic heterocycles. The number of rotatable bonds is 12. The van der Waals surface area contributed by atoms with Crippen molar-refractivity contribution in [3.05, 3.63) is 102 Å². The molecule has 39 heavy (non-hydrogen) atoms. The van der Waals surface area contributed by atoms with Crippen LogP contribution in [0.15, 0.2) is 91.0 Å². The number of hydrogen-bond donors (Lipinski definition) is 2. The number of hydrogen-bond acceptors (Lipinski definition) is 8. The highest BCUT2D eigenvalue weighted by atomic mass is 32.3. The van der Waals surface area contributed by atoms with E-state index in [-0.39, 0.29) is 19.8 Å². The Kier molecular flexibility index (Phi) is 10.0. The topological polar surface area (TPSA) is 130 Å². The highest BCUT2D eigenvalue weighted by molar-refractivity contribution is 7.80. The van der Waals surface area contributed by atoms with Crippen LogP contribution in [0, 0.1) is 0 Å². The van der Waals surface area contributed by atoms with Gasteiger partial charge in [0, 0.05) is 6.92 Å². The Morgan fingerprint density at radius 1 is 0.872 bits per heavy atom. The zero-order chi connectivity index (χ0) is 27.7. The molecule has 1 heterocycles. The lowest BCUT2D eigenvalue weighted by atomic mass is 9.96. The molecular weight excluding hydrogens is 526 g/mol. The molecule has 0 bridgehead atoms. The summed E-state index contributed by atoms with van der Waals surface area (Å²) in [6.07, 6.45) is -4.67. The summed E-state index contributed by atoms with van der Waals surface area (Å²) in [5.41, 5.74) is 1.69. The van der Waals surface area contributed by atoms with Crippen molar-refractivity contribution in [2.75, 3.05) is 6.61 Å². The summed E-state index contributed by atoms with van der Waals surface area (Å²) in [7, 11) is -4.95. The van der Waals surface area contributed by atoms with Crippen molar-refractivity contribution in [2.24, 2.45) is 0 Å². The largest absolute Gasteiger partial charge is 0.463 e. The standard InChI is InChI=1S/C28H31NO9S/c1-20(30)29-25-27(35-18-22-13-7-3-8-14-22)26(38-39(31,32)33)24(19-34-17-21-11-5-2-6-12-21)37-28(25)36-23-15-9-4-10-16-23/h2-16,24-28H,17-19H2,1H3,(H,29,30)(H,31,32,33)/t24?,25?,26?,27?,28-/m1/s1. The lowest BCUT2D eigenvalue weighted by Crippen LogP contribution is -2.67. The van der Waals surface area contributed by atoms with E-state index in [1.54, 1.807) is 24.3 Å². The van der Waals surface area contributed by atoms with Crippen molar-refractivity contribution in [3.8, 4) is 5.75 Å². The maximum atomic E-state index is 12.2. The summed E-state index contributed by atoms with van der Waals surface area (Å²) in [5, 5.41) is 2.75. The molecule has 1 amide bonds. The third kappa shape index (κ3) is 8.85. The highest BCUT2D eigenvalue weighted by Crippen LogP contribution is 2.30. The smallest absolute Gasteiger partial charge is 0.397 e. The minimum absolute atomic E-state index is 0.0581. The summed E-state index contributed by atoms with van der Waals surface area (Å²) >= 11 is 0. The van der Waals surface area contributed by atoms with Crippen molar-refractivity contribution in [1.29, 1.82) is 0 Å². The van der Waals surface area contributed by atoms with Crippen molar-refractivity contribution < 1.29 is 40.9 Å². The molecule has 0 radical (unpaired) electrons. The second kappa shape index (κ2) is 13.7. The summed E-state index contributed by atoms with van der Waals surface area (Å²) in [6, 6.07) is 26.4. The first-order chi connectivity index (χ1) is 18.8. The van der Waals surface area contributed by atoms with Crippen LogP contribution in [-0.2, 0) is 46.8 Å². The quantitative estimate of drug-likeness (QED) is 0.322. The predicted molar refractivity (Wildman–Crippen MR) is 141 cm³/mol. The molecule has 4 rings (SSSR count). The maximum Gasteiger partial charge on any atom is 0.397 e. The fraction of sp³-hybridized carbons (Fsp3) is 0.321. The Balaban J connectivity index is 1.65. The van der Waals surface area contributed by atoms with Crippen LogP contribution in [-0.4, -0.2) is 56.1 Å². The molecule has 5 atom stereocenters. The van der Waals surface area contributed by atoms with Gasteiger partial charge in [0.1, 0.15) is 30.1 Å². The van der Waals surface area contributed by atoms with E-state index in [9.17, 15) is 17.8 Å². The van der Waals surface area contributed by atoms with E-state index in [1.165, 1.54) is 6.92 Å². The molecule has 0 saturated carbocycles. The maximum absolute atomic E-state index is 12.2. The van der Waals surface area contributed by atoms with Crippen molar-refractivity contribution in [1.82, 2.24) is 5.32 Å². The lowest BCUT2D eigenvalue weighted by molar-refractivity contribution is -0.253. The number of amides is 1.